The fourth-order valence-corrected chi connectivity index (χ4v) is 4.71. The normalized spacial score (nSPS) is 10.7. The molecule has 0 bridgehead atoms. The molecule has 0 fully saturated rings. The lowest BCUT2D eigenvalue weighted by atomic mass is 10.1. The van der Waals surface area contributed by atoms with E-state index in [1.54, 1.807) is 6.07 Å². The molecule has 1 amide bonds. The lowest BCUT2D eigenvalue weighted by Gasteiger charge is -2.12. The van der Waals surface area contributed by atoms with Gasteiger partial charge in [0, 0.05) is 35.5 Å². The summed E-state index contributed by atoms with van der Waals surface area (Å²) in [5.74, 6) is -1.26. The molecule has 192 valence electrons. The zero-order valence-electron chi connectivity index (χ0n) is 19.8. The van der Waals surface area contributed by atoms with Gasteiger partial charge in [0.05, 0.1) is 31.2 Å². The lowest BCUT2D eigenvalue weighted by molar-refractivity contribution is -0.385. The van der Waals surface area contributed by atoms with Crippen LogP contribution in [-0.4, -0.2) is 26.7 Å². The van der Waals surface area contributed by atoms with Crippen molar-refractivity contribution in [3.8, 4) is 16.3 Å². The molecule has 5 rings (SSSR count). The predicted octanol–water partition coefficient (Wildman–Crippen LogP) is 6.25. The Morgan fingerprint density at radius 1 is 0.795 bits per heavy atom. The van der Waals surface area contributed by atoms with Crippen molar-refractivity contribution < 1.29 is 24.2 Å². The van der Waals surface area contributed by atoms with Crippen molar-refractivity contribution in [2.24, 2.45) is 0 Å². The molecule has 1 aromatic heterocycles. The molecule has 12 heteroatoms. The highest BCUT2D eigenvalue weighted by Gasteiger charge is 2.19. The van der Waals surface area contributed by atoms with E-state index in [0.29, 0.717) is 16.3 Å². The summed E-state index contributed by atoms with van der Waals surface area (Å²) in [6.07, 6.45) is 0. The molecule has 1 heterocycles. The zero-order valence-corrected chi connectivity index (χ0v) is 20.6. The third-order valence-electron chi connectivity index (χ3n) is 5.58. The lowest BCUT2D eigenvalue weighted by Crippen LogP contribution is -2.13. The molecular weight excluding hydrogens is 524 g/mol. The Balaban J connectivity index is 1.50. The van der Waals surface area contributed by atoms with Gasteiger partial charge in [-0.3, -0.25) is 25.0 Å². The van der Waals surface area contributed by atoms with Crippen LogP contribution in [0.4, 0.5) is 17.1 Å². The molecule has 0 saturated heterocycles. The van der Waals surface area contributed by atoms with E-state index in [4.69, 9.17) is 4.74 Å². The number of carbonyl (C=O) groups excluding carboxylic acids is 2. The number of nitrogens with one attached hydrogen (secondary N) is 1. The zero-order chi connectivity index (χ0) is 27.5. The van der Waals surface area contributed by atoms with Gasteiger partial charge in [0.2, 0.25) is 0 Å². The standard InChI is InChI=1S/C27H16N4O7S/c32-25(16-5-3-7-19(13-16)30(34)35)28-18-11-12-23(38-27(33)17-6-4-8-20(14-17)31(36)37)21(15-18)26-29-22-9-1-2-10-24(22)39-26/h1-15H,(H,28,32). The molecule has 0 unspecified atom stereocenters. The fraction of sp³-hybridized carbons (Fsp3) is 0. The topological polar surface area (TPSA) is 155 Å². The Labute approximate surface area is 223 Å². The van der Waals surface area contributed by atoms with E-state index in [0.717, 1.165) is 16.3 Å². The Bertz CT molecular complexity index is 1750. The Morgan fingerprint density at radius 3 is 2.15 bits per heavy atom. The average molecular weight is 541 g/mol. The highest BCUT2D eigenvalue weighted by molar-refractivity contribution is 7.21. The van der Waals surface area contributed by atoms with Crippen molar-refractivity contribution in [3.05, 3.63) is 122 Å². The van der Waals surface area contributed by atoms with Crippen LogP contribution in [-0.2, 0) is 0 Å². The molecule has 5 aromatic rings. The molecule has 11 nitrogen and oxygen atoms in total. The second kappa shape index (κ2) is 10.5. The summed E-state index contributed by atoms with van der Waals surface area (Å²) in [4.78, 5) is 51.3. The van der Waals surface area contributed by atoms with Gasteiger partial charge < -0.3 is 10.1 Å². The molecule has 0 aliphatic heterocycles. The minimum atomic E-state index is -0.811. The second-order valence-electron chi connectivity index (χ2n) is 8.16. The van der Waals surface area contributed by atoms with Crippen molar-refractivity contribution in [2.45, 2.75) is 0 Å². The number of anilines is 1. The van der Waals surface area contributed by atoms with E-state index in [1.165, 1.54) is 65.9 Å². The first-order valence-corrected chi connectivity index (χ1v) is 12.1. The largest absolute Gasteiger partial charge is 0.422 e. The number of hydrogen-bond donors (Lipinski definition) is 1. The Hall–Kier alpha value is -5.49. The fourth-order valence-electron chi connectivity index (χ4n) is 3.72. The molecule has 0 aliphatic carbocycles. The average Bonchev–Trinajstić information content (AvgIpc) is 3.38. The number of nitrogens with zero attached hydrogens (tertiary/aromatic N) is 3. The van der Waals surface area contributed by atoms with E-state index < -0.39 is 21.7 Å². The first-order valence-electron chi connectivity index (χ1n) is 11.3. The van der Waals surface area contributed by atoms with Crippen LogP contribution in [0.25, 0.3) is 20.8 Å². The van der Waals surface area contributed by atoms with E-state index in [-0.39, 0.29) is 28.3 Å². The molecule has 0 saturated carbocycles. The predicted molar refractivity (Wildman–Crippen MR) is 144 cm³/mol. The monoisotopic (exact) mass is 540 g/mol. The van der Waals surface area contributed by atoms with E-state index >= 15 is 0 Å². The number of aromatic nitrogens is 1. The maximum Gasteiger partial charge on any atom is 0.343 e. The van der Waals surface area contributed by atoms with Gasteiger partial charge in [-0.05, 0) is 42.5 Å². The summed E-state index contributed by atoms with van der Waals surface area (Å²) >= 11 is 1.34. The van der Waals surface area contributed by atoms with Gasteiger partial charge in [0.15, 0.2) is 0 Å². The number of fused-ring (bicyclic) bond motifs is 1. The van der Waals surface area contributed by atoms with Crippen LogP contribution >= 0.6 is 11.3 Å². The summed E-state index contributed by atoms with van der Waals surface area (Å²) in [5, 5.41) is 25.4. The molecule has 0 spiro atoms. The minimum Gasteiger partial charge on any atom is -0.422 e. The number of esters is 1. The highest BCUT2D eigenvalue weighted by Crippen LogP contribution is 2.38. The van der Waals surface area contributed by atoms with Crippen LogP contribution in [0.15, 0.2) is 91.0 Å². The van der Waals surface area contributed by atoms with Crippen molar-refractivity contribution in [1.29, 1.82) is 0 Å². The van der Waals surface area contributed by atoms with Crippen molar-refractivity contribution in [1.82, 2.24) is 4.98 Å². The first-order chi connectivity index (χ1) is 18.8. The summed E-state index contributed by atoms with van der Waals surface area (Å²) in [6, 6.07) is 22.5. The highest BCUT2D eigenvalue weighted by atomic mass is 32.1. The number of ether oxygens (including phenoxy) is 1. The van der Waals surface area contributed by atoms with Crippen LogP contribution in [0.1, 0.15) is 20.7 Å². The number of hydrogen-bond acceptors (Lipinski definition) is 9. The number of thiazole rings is 1. The summed E-state index contributed by atoms with van der Waals surface area (Å²) in [7, 11) is 0. The number of non-ortho nitro benzene ring substituents is 2. The van der Waals surface area contributed by atoms with Crippen molar-refractivity contribution >= 4 is 50.5 Å². The molecular formula is C27H16N4O7S. The quantitative estimate of drug-likeness (QED) is 0.110. The van der Waals surface area contributed by atoms with Crippen molar-refractivity contribution in [3.63, 3.8) is 0 Å². The van der Waals surface area contributed by atoms with Gasteiger partial charge in [-0.2, -0.15) is 0 Å². The van der Waals surface area contributed by atoms with Gasteiger partial charge in [0.1, 0.15) is 10.8 Å². The van der Waals surface area contributed by atoms with Gasteiger partial charge in [-0.1, -0.05) is 24.3 Å². The maximum atomic E-state index is 12.9. The molecule has 0 atom stereocenters. The van der Waals surface area contributed by atoms with Gasteiger partial charge in [-0.25, -0.2) is 9.78 Å². The van der Waals surface area contributed by atoms with E-state index in [2.05, 4.69) is 10.3 Å². The molecule has 4 aromatic carbocycles. The number of nitro groups is 2. The van der Waals surface area contributed by atoms with Crippen LogP contribution in [0, 0.1) is 20.2 Å². The third-order valence-corrected chi connectivity index (χ3v) is 6.65. The van der Waals surface area contributed by atoms with Crippen LogP contribution in [0.5, 0.6) is 5.75 Å². The van der Waals surface area contributed by atoms with E-state index in [1.807, 2.05) is 24.3 Å². The molecule has 0 aliphatic rings. The van der Waals surface area contributed by atoms with Crippen molar-refractivity contribution in [2.75, 3.05) is 5.32 Å². The number of para-hydroxylation sites is 1. The van der Waals surface area contributed by atoms with E-state index in [9.17, 15) is 29.8 Å². The summed E-state index contributed by atoms with van der Waals surface area (Å²) in [5.41, 5.74) is 1.05. The number of rotatable bonds is 7. The maximum absolute atomic E-state index is 12.9. The van der Waals surface area contributed by atoms with Gasteiger partial charge in [-0.15, -0.1) is 11.3 Å². The number of amides is 1. The number of nitro benzene ring substituents is 2. The Kier molecular flexibility index (Phi) is 6.76. The van der Waals surface area contributed by atoms with Gasteiger partial charge >= 0.3 is 5.97 Å². The van der Waals surface area contributed by atoms with Crippen LogP contribution in [0.2, 0.25) is 0 Å². The molecule has 39 heavy (non-hydrogen) atoms. The SMILES string of the molecule is O=C(Nc1ccc(OC(=O)c2cccc([N+](=O)[O-])c2)c(-c2nc3ccccc3s2)c1)c1cccc([N+](=O)[O-])c1. The number of carbonyl (C=O) groups is 2. The molecule has 0 radical (unpaired) electrons. The molecule has 1 N–H and O–H groups in total. The summed E-state index contributed by atoms with van der Waals surface area (Å²) in [6.45, 7) is 0. The smallest absolute Gasteiger partial charge is 0.343 e. The first kappa shape index (κ1) is 25.2. The minimum absolute atomic E-state index is 0.0116. The summed E-state index contributed by atoms with van der Waals surface area (Å²) < 4.78 is 6.50. The Morgan fingerprint density at radius 2 is 1.46 bits per heavy atom. The van der Waals surface area contributed by atoms with Gasteiger partial charge in [0.25, 0.3) is 17.3 Å². The number of benzene rings is 4. The van der Waals surface area contributed by atoms with Crippen LogP contribution < -0.4 is 10.1 Å². The second-order valence-corrected chi connectivity index (χ2v) is 9.19. The van der Waals surface area contributed by atoms with Crippen LogP contribution in [0.3, 0.4) is 0 Å². The third kappa shape index (κ3) is 5.45.